The van der Waals surface area contributed by atoms with E-state index in [2.05, 4.69) is 54.5 Å². The highest BCUT2D eigenvalue weighted by molar-refractivity contribution is 5.76. The average Bonchev–Trinajstić information content (AvgIpc) is 2.93. The Hall–Kier alpha value is -0.990. The maximum atomic E-state index is 12.9. The maximum Gasteiger partial charge on any atom is 0.310 e. The lowest BCUT2D eigenvalue weighted by atomic mass is 9.33. The number of hydrogen-bond acceptors (Lipinski definition) is 6. The number of fused-ring (bicyclic) bond motifs is 7. The van der Waals surface area contributed by atoms with Gasteiger partial charge < -0.3 is 30.3 Å². The van der Waals surface area contributed by atoms with E-state index in [9.17, 15) is 30.3 Å². The van der Waals surface area contributed by atoms with Crippen LogP contribution in [0.15, 0.2) is 11.6 Å². The number of aliphatic hydroxyl groups is 4. The van der Waals surface area contributed by atoms with Crippen LogP contribution in [-0.4, -0.2) is 68.1 Å². The molecule has 5 aliphatic carbocycles. The van der Waals surface area contributed by atoms with Gasteiger partial charge >= 0.3 is 5.97 Å². The van der Waals surface area contributed by atoms with Gasteiger partial charge in [0.15, 0.2) is 0 Å². The fourth-order valence-electron chi connectivity index (χ4n) is 12.9. The quantitative estimate of drug-likeness (QED) is 0.257. The van der Waals surface area contributed by atoms with Crippen LogP contribution in [0.1, 0.15) is 120 Å². The van der Waals surface area contributed by atoms with Gasteiger partial charge in [0.25, 0.3) is 0 Å². The van der Waals surface area contributed by atoms with Crippen LogP contribution in [0.2, 0.25) is 0 Å². The summed E-state index contributed by atoms with van der Waals surface area (Å²) < 4.78 is 5.95. The third kappa shape index (κ3) is 4.27. The van der Waals surface area contributed by atoms with Gasteiger partial charge in [-0.25, -0.2) is 0 Å². The van der Waals surface area contributed by atoms with E-state index >= 15 is 0 Å². The topological polar surface area (TPSA) is 127 Å². The van der Waals surface area contributed by atoms with E-state index < -0.39 is 48.0 Å². The van der Waals surface area contributed by atoms with Crippen molar-refractivity contribution in [3.05, 3.63) is 11.6 Å². The lowest BCUT2D eigenvalue weighted by molar-refractivity contribution is -0.260. The van der Waals surface area contributed by atoms with Crippen molar-refractivity contribution < 1.29 is 35.1 Å². The van der Waals surface area contributed by atoms with Crippen LogP contribution in [0.4, 0.5) is 0 Å². The molecule has 0 radical (unpaired) electrons. The smallest absolute Gasteiger partial charge is 0.310 e. The van der Waals surface area contributed by atoms with Crippen molar-refractivity contribution >= 4 is 5.97 Å². The molecule has 0 aromatic carbocycles. The summed E-state index contributed by atoms with van der Waals surface area (Å²) >= 11 is 0. The number of aliphatic carboxylic acids is 1. The van der Waals surface area contributed by atoms with E-state index in [0.29, 0.717) is 11.8 Å². The van der Waals surface area contributed by atoms with Crippen molar-refractivity contribution in [2.24, 2.45) is 56.2 Å². The van der Waals surface area contributed by atoms with Crippen LogP contribution >= 0.6 is 0 Å². The SMILES string of the molecule is CC1O[C@@H](C(O)[C@@H]2CC[C@@]3(C)C(CC[C@]4(C)C3CC=C3C5CC(C)(C)CC[C@]5(C(=O)O)CC[C@]34C)C2(C)C)C(O)C(O)[C@H]1O. The molecule has 0 aromatic heterocycles. The molecule has 7 unspecified atom stereocenters. The molecule has 0 spiro atoms. The third-order valence-corrected chi connectivity index (χ3v) is 15.8. The molecule has 250 valence electrons. The minimum atomic E-state index is -1.35. The van der Waals surface area contributed by atoms with Crippen LogP contribution in [0, 0.1) is 56.2 Å². The Bertz CT molecular complexity index is 1190. The fourth-order valence-corrected chi connectivity index (χ4v) is 12.9. The van der Waals surface area contributed by atoms with E-state index in [0.717, 1.165) is 64.2 Å². The Balaban J connectivity index is 1.32. The molecule has 1 saturated heterocycles. The van der Waals surface area contributed by atoms with Gasteiger partial charge in [0, 0.05) is 0 Å². The second-order valence-electron chi connectivity index (χ2n) is 18.4. The van der Waals surface area contributed by atoms with E-state index in [-0.39, 0.29) is 38.9 Å². The van der Waals surface area contributed by atoms with Crippen molar-refractivity contribution in [2.45, 2.75) is 156 Å². The molecule has 1 aliphatic heterocycles. The zero-order valence-electron chi connectivity index (χ0n) is 28.5. The summed E-state index contributed by atoms with van der Waals surface area (Å²) in [6.07, 6.45) is 5.37. The van der Waals surface area contributed by atoms with Crippen LogP contribution in [0.3, 0.4) is 0 Å². The monoisotopic (exact) mass is 616 g/mol. The molecule has 7 nitrogen and oxygen atoms in total. The summed E-state index contributed by atoms with van der Waals surface area (Å²) in [6, 6.07) is 0. The minimum absolute atomic E-state index is 0.0331. The maximum absolute atomic E-state index is 12.9. The largest absolute Gasteiger partial charge is 0.481 e. The van der Waals surface area contributed by atoms with Gasteiger partial charge in [0.1, 0.15) is 24.4 Å². The second kappa shape index (κ2) is 10.3. The minimum Gasteiger partial charge on any atom is -0.481 e. The van der Waals surface area contributed by atoms with Gasteiger partial charge in [-0.3, -0.25) is 4.79 Å². The number of hydrogen-bond donors (Lipinski definition) is 5. The highest BCUT2D eigenvalue weighted by atomic mass is 16.5. The first-order valence-corrected chi connectivity index (χ1v) is 17.6. The van der Waals surface area contributed by atoms with Crippen molar-refractivity contribution in [1.29, 1.82) is 0 Å². The van der Waals surface area contributed by atoms with E-state index in [1.807, 2.05) is 0 Å². The molecular formula is C37H60O7. The molecular weight excluding hydrogens is 556 g/mol. The van der Waals surface area contributed by atoms with E-state index in [4.69, 9.17) is 4.74 Å². The van der Waals surface area contributed by atoms with Gasteiger partial charge in [-0.2, -0.15) is 0 Å². The molecule has 0 amide bonds. The standard InChI is InChI=1S/C37H60O7/c1-20-26(38)28(40)29(41)30(44-20)27(39)22-11-13-34(6)24(33(22,4)5)12-14-36(8)25(34)10-9-21-23-19-32(2,3)15-17-37(23,31(42)43)18-16-35(21,36)7/h9,20,22-30,38-41H,10-19H2,1-8H3,(H,42,43)/t20?,22-,23?,24?,25?,26-,27?,28?,29?,30-,34-,35+,36+,37-/m0/s1. The summed E-state index contributed by atoms with van der Waals surface area (Å²) in [7, 11) is 0. The Labute approximate surface area is 264 Å². The summed E-state index contributed by atoms with van der Waals surface area (Å²) in [5.41, 5.74) is 0.817. The fraction of sp³-hybridized carbons (Fsp3) is 0.919. The predicted molar refractivity (Wildman–Crippen MR) is 169 cm³/mol. The highest BCUT2D eigenvalue weighted by Gasteiger charge is 2.69. The first-order chi connectivity index (χ1) is 20.3. The van der Waals surface area contributed by atoms with Crippen molar-refractivity contribution in [3.63, 3.8) is 0 Å². The number of ether oxygens (including phenoxy) is 1. The number of carbonyl (C=O) groups is 1. The zero-order valence-corrected chi connectivity index (χ0v) is 28.5. The highest BCUT2D eigenvalue weighted by Crippen LogP contribution is 2.76. The van der Waals surface area contributed by atoms with Crippen LogP contribution in [-0.2, 0) is 9.53 Å². The lowest BCUT2D eigenvalue weighted by Crippen LogP contribution is -2.66. The Morgan fingerprint density at radius 2 is 1.52 bits per heavy atom. The molecule has 6 aliphatic rings. The summed E-state index contributed by atoms with van der Waals surface area (Å²) in [6.45, 7) is 18.4. The van der Waals surface area contributed by atoms with Gasteiger partial charge in [0.2, 0.25) is 0 Å². The van der Waals surface area contributed by atoms with Crippen molar-refractivity contribution in [3.8, 4) is 0 Å². The molecule has 14 atom stereocenters. The molecule has 1 heterocycles. The number of rotatable bonds is 3. The van der Waals surface area contributed by atoms with Gasteiger partial charge in [0.05, 0.1) is 17.6 Å². The lowest BCUT2D eigenvalue weighted by Gasteiger charge is -2.71. The van der Waals surface area contributed by atoms with Crippen LogP contribution in [0.5, 0.6) is 0 Å². The third-order valence-electron chi connectivity index (χ3n) is 15.8. The normalized spacial score (nSPS) is 53.6. The second-order valence-corrected chi connectivity index (χ2v) is 18.4. The van der Waals surface area contributed by atoms with Gasteiger partial charge in [-0.15, -0.1) is 0 Å². The molecule has 7 heteroatoms. The van der Waals surface area contributed by atoms with E-state index in [1.165, 1.54) is 5.57 Å². The molecule has 6 rings (SSSR count). The molecule has 0 aromatic rings. The zero-order chi connectivity index (χ0) is 32.4. The molecule has 4 saturated carbocycles. The number of carboxylic acid groups (broad SMARTS) is 1. The summed E-state index contributed by atoms with van der Waals surface area (Å²) in [5.74, 6) is 0.225. The molecule has 44 heavy (non-hydrogen) atoms. The molecule has 0 bridgehead atoms. The Morgan fingerprint density at radius 1 is 0.864 bits per heavy atom. The van der Waals surface area contributed by atoms with Crippen molar-refractivity contribution in [2.75, 3.05) is 0 Å². The summed E-state index contributed by atoms with van der Waals surface area (Å²) in [4.78, 5) is 12.9. The van der Waals surface area contributed by atoms with E-state index in [1.54, 1.807) is 6.92 Å². The number of aliphatic hydroxyl groups excluding tert-OH is 4. The first-order valence-electron chi connectivity index (χ1n) is 17.6. The molecule has 5 N–H and O–H groups in total. The average molecular weight is 617 g/mol. The first kappa shape index (κ1) is 32.9. The Kier molecular flexibility index (Phi) is 7.67. The number of carboxylic acids is 1. The van der Waals surface area contributed by atoms with Gasteiger partial charge in [-0.1, -0.05) is 60.1 Å². The van der Waals surface area contributed by atoms with Gasteiger partial charge in [-0.05, 0) is 122 Å². The Morgan fingerprint density at radius 3 is 2.18 bits per heavy atom. The van der Waals surface area contributed by atoms with Crippen LogP contribution in [0.25, 0.3) is 0 Å². The number of allylic oxidation sites excluding steroid dienone is 2. The van der Waals surface area contributed by atoms with Crippen molar-refractivity contribution in [1.82, 2.24) is 0 Å². The van der Waals surface area contributed by atoms with Crippen LogP contribution < -0.4 is 0 Å². The molecule has 5 fully saturated rings. The summed E-state index contributed by atoms with van der Waals surface area (Å²) in [5, 5.41) is 54.0. The predicted octanol–water partition coefficient (Wildman–Crippen LogP) is 5.72.